The van der Waals surface area contributed by atoms with E-state index in [2.05, 4.69) is 4.98 Å². The molecule has 0 bridgehead atoms. The van der Waals surface area contributed by atoms with Crippen molar-refractivity contribution in [2.24, 2.45) is 0 Å². The van der Waals surface area contributed by atoms with Gasteiger partial charge in [0, 0.05) is 6.92 Å². The van der Waals surface area contributed by atoms with Gasteiger partial charge in [0.15, 0.2) is 5.78 Å². The van der Waals surface area contributed by atoms with Gasteiger partial charge in [-0.1, -0.05) is 0 Å². The number of nitrogens with zero attached hydrogens (tertiary/aromatic N) is 2. The number of ketones is 1. The largest absolute Gasteiger partial charge is 0.320 e. The lowest BCUT2D eigenvalue weighted by Gasteiger charge is -2.03. The monoisotopic (exact) mass is 174 g/mol. The molecule has 0 aliphatic heterocycles. The van der Waals surface area contributed by atoms with Gasteiger partial charge in [-0.25, -0.2) is 4.98 Å². The van der Waals surface area contributed by atoms with Crippen LogP contribution >= 0.6 is 0 Å². The van der Waals surface area contributed by atoms with Gasteiger partial charge in [-0.15, -0.1) is 0 Å². The molecule has 12 heavy (non-hydrogen) atoms. The number of imidazole rings is 1. The molecular formula is C7H8F2N2O. The van der Waals surface area contributed by atoms with E-state index in [1.165, 1.54) is 13.8 Å². The number of aromatic nitrogens is 2. The van der Waals surface area contributed by atoms with Crippen LogP contribution in [0, 0.1) is 6.92 Å². The Kier molecular flexibility index (Phi) is 2.21. The summed E-state index contributed by atoms with van der Waals surface area (Å²) >= 11 is 0. The number of hydrogen-bond acceptors (Lipinski definition) is 2. The van der Waals surface area contributed by atoms with Crippen LogP contribution in [0.25, 0.3) is 0 Å². The van der Waals surface area contributed by atoms with Crippen LogP contribution in [0.5, 0.6) is 0 Å². The summed E-state index contributed by atoms with van der Waals surface area (Å²) in [5, 5.41) is 0. The number of aryl methyl sites for hydroxylation is 1. The maximum absolute atomic E-state index is 12.2. The van der Waals surface area contributed by atoms with Crippen LogP contribution in [0.2, 0.25) is 0 Å². The van der Waals surface area contributed by atoms with E-state index in [4.69, 9.17) is 0 Å². The number of carbonyl (C=O) groups is 1. The summed E-state index contributed by atoms with van der Waals surface area (Å²) in [6.07, 6.45) is 0.969. The van der Waals surface area contributed by atoms with Crippen LogP contribution in [0.3, 0.4) is 0 Å². The van der Waals surface area contributed by atoms with Crippen molar-refractivity contribution in [3.63, 3.8) is 0 Å². The zero-order valence-corrected chi connectivity index (χ0v) is 6.71. The second-order valence-electron chi connectivity index (χ2n) is 2.42. The van der Waals surface area contributed by atoms with Crippen LogP contribution in [0.15, 0.2) is 6.33 Å². The van der Waals surface area contributed by atoms with Crippen molar-refractivity contribution in [2.45, 2.75) is 20.4 Å². The average molecular weight is 174 g/mol. The second-order valence-corrected chi connectivity index (χ2v) is 2.42. The van der Waals surface area contributed by atoms with Crippen molar-refractivity contribution in [1.29, 1.82) is 0 Å². The third-order valence-electron chi connectivity index (χ3n) is 1.52. The van der Waals surface area contributed by atoms with Gasteiger partial charge in [-0.3, -0.25) is 9.36 Å². The van der Waals surface area contributed by atoms with Crippen molar-refractivity contribution in [3.8, 4) is 0 Å². The molecule has 0 radical (unpaired) electrons. The highest BCUT2D eigenvalue weighted by molar-refractivity contribution is 5.93. The zero-order chi connectivity index (χ0) is 9.30. The van der Waals surface area contributed by atoms with E-state index in [1.54, 1.807) is 0 Å². The van der Waals surface area contributed by atoms with Gasteiger partial charge in [-0.05, 0) is 6.92 Å². The van der Waals surface area contributed by atoms with Gasteiger partial charge in [0.1, 0.15) is 12.0 Å². The first-order valence-electron chi connectivity index (χ1n) is 3.36. The van der Waals surface area contributed by atoms with Crippen molar-refractivity contribution in [2.75, 3.05) is 0 Å². The quantitative estimate of drug-likeness (QED) is 0.640. The summed E-state index contributed by atoms with van der Waals surface area (Å²) in [7, 11) is 0. The molecule has 0 aliphatic carbocycles. The van der Waals surface area contributed by atoms with Crippen molar-refractivity contribution < 1.29 is 13.6 Å². The summed E-state index contributed by atoms with van der Waals surface area (Å²) in [6.45, 7) is 0.0588. The Labute approximate surface area is 68.0 Å². The second kappa shape index (κ2) is 3.00. The van der Waals surface area contributed by atoms with Crippen LogP contribution < -0.4 is 0 Å². The van der Waals surface area contributed by atoms with Crippen molar-refractivity contribution in [1.82, 2.24) is 9.55 Å². The SMILES string of the molecule is CC(=O)c1c(C)ncn1C(F)F. The van der Waals surface area contributed by atoms with Gasteiger partial charge >= 0.3 is 6.55 Å². The maximum atomic E-state index is 12.2. The number of rotatable bonds is 2. The fourth-order valence-corrected chi connectivity index (χ4v) is 1.04. The minimum absolute atomic E-state index is 0.0231. The molecule has 0 spiro atoms. The van der Waals surface area contributed by atoms with Gasteiger partial charge < -0.3 is 0 Å². The van der Waals surface area contributed by atoms with E-state index in [1.807, 2.05) is 0 Å². The van der Waals surface area contributed by atoms with E-state index >= 15 is 0 Å². The number of alkyl halides is 2. The van der Waals surface area contributed by atoms with Gasteiger partial charge in [-0.2, -0.15) is 8.78 Å². The van der Waals surface area contributed by atoms with Crippen LogP contribution in [0.1, 0.15) is 29.7 Å². The molecule has 0 unspecified atom stereocenters. The summed E-state index contributed by atoms with van der Waals surface area (Å²) < 4.78 is 24.9. The number of carbonyl (C=O) groups excluding carboxylic acids is 1. The molecule has 0 fully saturated rings. The third kappa shape index (κ3) is 1.34. The summed E-state index contributed by atoms with van der Waals surface area (Å²) in [4.78, 5) is 14.5. The van der Waals surface area contributed by atoms with E-state index in [0.29, 0.717) is 10.3 Å². The zero-order valence-electron chi connectivity index (χ0n) is 6.71. The Hall–Kier alpha value is -1.26. The molecule has 1 heterocycles. The van der Waals surface area contributed by atoms with Gasteiger partial charge in [0.2, 0.25) is 0 Å². The molecule has 0 N–H and O–H groups in total. The van der Waals surface area contributed by atoms with Gasteiger partial charge in [0.25, 0.3) is 0 Å². The Balaban J connectivity index is 3.21. The first-order chi connectivity index (χ1) is 5.54. The molecule has 66 valence electrons. The lowest BCUT2D eigenvalue weighted by Crippen LogP contribution is -2.07. The molecule has 0 amide bonds. The molecule has 0 aliphatic rings. The summed E-state index contributed by atoms with van der Waals surface area (Å²) in [5.41, 5.74) is 0.313. The lowest BCUT2D eigenvalue weighted by molar-refractivity contribution is 0.0644. The fraction of sp³-hybridized carbons (Fsp3) is 0.429. The molecule has 3 nitrogen and oxygen atoms in total. The normalized spacial score (nSPS) is 10.8. The van der Waals surface area contributed by atoms with Crippen LogP contribution in [-0.2, 0) is 0 Å². The molecule has 0 atom stereocenters. The van der Waals surface area contributed by atoms with Crippen LogP contribution in [0.4, 0.5) is 8.78 Å². The molecule has 0 saturated carbocycles. The number of hydrogen-bond donors (Lipinski definition) is 0. The van der Waals surface area contributed by atoms with E-state index in [0.717, 1.165) is 6.33 Å². The molecule has 1 aromatic rings. The molecule has 1 rings (SSSR count). The fourth-order valence-electron chi connectivity index (χ4n) is 1.04. The Morgan fingerprint density at radius 3 is 2.58 bits per heavy atom. The summed E-state index contributed by atoms with van der Waals surface area (Å²) in [5.74, 6) is -0.398. The van der Waals surface area contributed by atoms with Crippen molar-refractivity contribution >= 4 is 5.78 Å². The van der Waals surface area contributed by atoms with E-state index in [-0.39, 0.29) is 5.69 Å². The minimum Gasteiger partial charge on any atom is -0.293 e. The predicted octanol–water partition coefficient (Wildman–Crippen LogP) is 1.79. The summed E-state index contributed by atoms with van der Waals surface area (Å²) in [6, 6.07) is 0. The molecule has 1 aromatic heterocycles. The highest BCUT2D eigenvalue weighted by atomic mass is 19.3. The lowest BCUT2D eigenvalue weighted by atomic mass is 10.2. The van der Waals surface area contributed by atoms with Gasteiger partial charge in [0.05, 0.1) is 5.69 Å². The van der Waals surface area contributed by atoms with E-state index in [9.17, 15) is 13.6 Å². The van der Waals surface area contributed by atoms with Crippen molar-refractivity contribution in [3.05, 3.63) is 17.7 Å². The number of halogens is 2. The Bertz CT molecular complexity index is 306. The topological polar surface area (TPSA) is 34.9 Å². The molecular weight excluding hydrogens is 166 g/mol. The minimum atomic E-state index is -2.70. The van der Waals surface area contributed by atoms with Crippen LogP contribution in [-0.4, -0.2) is 15.3 Å². The number of Topliss-reactive ketones (excluding diaryl/α,β-unsaturated/α-hetero) is 1. The average Bonchev–Trinajstić information content (AvgIpc) is 2.30. The molecule has 0 aromatic carbocycles. The first kappa shape index (κ1) is 8.83. The van der Waals surface area contributed by atoms with E-state index < -0.39 is 12.3 Å². The maximum Gasteiger partial charge on any atom is 0.320 e. The first-order valence-corrected chi connectivity index (χ1v) is 3.36. The third-order valence-corrected chi connectivity index (χ3v) is 1.52. The predicted molar refractivity (Wildman–Crippen MR) is 38.2 cm³/mol. The standard InChI is InChI=1S/C7H8F2N2O/c1-4-6(5(2)12)11(3-10-4)7(8)9/h3,7H,1-2H3. The highest BCUT2D eigenvalue weighted by Crippen LogP contribution is 2.16. The highest BCUT2D eigenvalue weighted by Gasteiger charge is 2.17. The smallest absolute Gasteiger partial charge is 0.293 e. The Morgan fingerprint density at radius 2 is 2.25 bits per heavy atom. The Morgan fingerprint density at radius 1 is 1.67 bits per heavy atom. The molecule has 0 saturated heterocycles. The molecule has 5 heteroatoms.